The second kappa shape index (κ2) is 18.7. The number of likely N-dealkylation sites (tertiary alicyclic amines) is 3. The molecule has 0 bridgehead atoms. The number of fused-ring (bicyclic) bond motifs is 3. The Balaban J connectivity index is 0.703. The maximum atomic E-state index is 15.4. The van der Waals surface area contributed by atoms with Crippen molar-refractivity contribution < 1.29 is 24.0 Å². The van der Waals surface area contributed by atoms with E-state index in [1.807, 2.05) is 23.4 Å². The predicted octanol–water partition coefficient (Wildman–Crippen LogP) is 7.47. The fourth-order valence-corrected chi connectivity index (χ4v) is 14.5. The van der Waals surface area contributed by atoms with Crippen LogP contribution in [-0.2, 0) is 29.4 Å². The third kappa shape index (κ3) is 8.27. The molecule has 13 rings (SSSR count). The molecule has 8 fully saturated rings. The molecular weight excluding hydrogens is 931 g/mol. The normalized spacial score (nSPS) is 27.1. The molecule has 2 atom stereocenters. The van der Waals surface area contributed by atoms with Crippen LogP contribution in [0.5, 0.6) is 0 Å². The van der Waals surface area contributed by atoms with Gasteiger partial charge in [-0.05, 0) is 159 Å². The zero-order valence-corrected chi connectivity index (χ0v) is 43.4. The minimum atomic E-state index is -0.697. The van der Waals surface area contributed by atoms with Crippen molar-refractivity contribution in [1.82, 2.24) is 39.5 Å². The Morgan fingerprint density at radius 1 is 0.770 bits per heavy atom. The maximum Gasteiger partial charge on any atom is 0.238 e. The summed E-state index contributed by atoms with van der Waals surface area (Å²) in [5, 5.41) is 6.16. The molecule has 390 valence electrons. The first-order valence-electron chi connectivity index (χ1n) is 28.5. The van der Waals surface area contributed by atoms with Gasteiger partial charge in [-0.3, -0.25) is 29.3 Å². The average Bonchev–Trinajstić information content (AvgIpc) is 4.06. The predicted molar refractivity (Wildman–Crippen MR) is 283 cm³/mol. The second-order valence-electron chi connectivity index (χ2n) is 24.1. The Morgan fingerprint density at radius 3 is 2.24 bits per heavy atom. The molecule has 0 radical (unpaired) electrons. The highest BCUT2D eigenvalue weighted by molar-refractivity contribution is 6.09. The number of benzene rings is 1. The summed E-state index contributed by atoms with van der Waals surface area (Å²) in [6, 6.07) is 13.9. The molecule has 6 aliphatic heterocycles. The van der Waals surface area contributed by atoms with E-state index in [0.717, 1.165) is 134 Å². The van der Waals surface area contributed by atoms with Gasteiger partial charge in [0.2, 0.25) is 29.5 Å². The van der Waals surface area contributed by atoms with Crippen molar-refractivity contribution >= 4 is 57.9 Å². The van der Waals surface area contributed by atoms with Crippen LogP contribution < -0.4 is 20.4 Å². The number of hydrogen-bond acceptors (Lipinski definition) is 11. The quantitative estimate of drug-likeness (QED) is 0.151. The molecule has 5 amide bonds. The van der Waals surface area contributed by atoms with E-state index in [2.05, 4.69) is 72.9 Å². The van der Waals surface area contributed by atoms with Crippen LogP contribution in [0.3, 0.4) is 0 Å². The lowest BCUT2D eigenvalue weighted by atomic mass is 9.67. The summed E-state index contributed by atoms with van der Waals surface area (Å²) < 4.78 is 2.20. The van der Waals surface area contributed by atoms with Crippen LogP contribution in [0, 0.1) is 11.8 Å². The number of hydrogen-bond donors (Lipinski definition) is 2. The lowest BCUT2D eigenvalue weighted by molar-refractivity contribution is -0.157. The van der Waals surface area contributed by atoms with Crippen molar-refractivity contribution in [3.05, 3.63) is 60.0 Å². The fourth-order valence-electron chi connectivity index (χ4n) is 14.5. The molecule has 1 aromatic carbocycles. The molecule has 3 aliphatic carbocycles. The summed E-state index contributed by atoms with van der Waals surface area (Å²) in [5.41, 5.74) is 5.86. The highest BCUT2D eigenvalue weighted by Crippen LogP contribution is 2.53. The Kier molecular flexibility index (Phi) is 12.1. The van der Waals surface area contributed by atoms with Crippen LogP contribution in [0.2, 0.25) is 0 Å². The number of anilines is 3. The summed E-state index contributed by atoms with van der Waals surface area (Å²) in [7, 11) is 0. The van der Waals surface area contributed by atoms with E-state index in [-0.39, 0.29) is 64.9 Å². The van der Waals surface area contributed by atoms with Gasteiger partial charge < -0.3 is 34.4 Å². The van der Waals surface area contributed by atoms with Gasteiger partial charge in [-0.1, -0.05) is 24.6 Å². The molecule has 2 N–H and O–H groups in total. The zero-order chi connectivity index (χ0) is 50.5. The van der Waals surface area contributed by atoms with Gasteiger partial charge in [-0.15, -0.1) is 0 Å². The summed E-state index contributed by atoms with van der Waals surface area (Å²) in [5.74, 6) is 0.995. The number of nitrogens with one attached hydrogen (secondary N) is 2. The van der Waals surface area contributed by atoms with E-state index < -0.39 is 5.41 Å². The van der Waals surface area contributed by atoms with Gasteiger partial charge in [-0.2, -0.15) is 0 Å². The number of imide groups is 1. The molecule has 4 aromatic rings. The number of rotatable bonds is 10. The number of nitrogens with zero attached hydrogens (tertiary/aromatic N) is 9. The third-order valence-electron chi connectivity index (χ3n) is 19.4. The lowest BCUT2D eigenvalue weighted by Crippen LogP contribution is -2.63. The lowest BCUT2D eigenvalue weighted by Gasteiger charge is -2.56. The minimum Gasteiger partial charge on any atom is -0.366 e. The van der Waals surface area contributed by atoms with Crippen LogP contribution in [0.4, 0.5) is 17.3 Å². The second-order valence-corrected chi connectivity index (χ2v) is 24.1. The molecule has 3 aromatic heterocycles. The van der Waals surface area contributed by atoms with Gasteiger partial charge >= 0.3 is 0 Å². The van der Waals surface area contributed by atoms with Crippen molar-refractivity contribution in [2.24, 2.45) is 11.8 Å². The summed E-state index contributed by atoms with van der Waals surface area (Å²) >= 11 is 0. The highest BCUT2D eigenvalue weighted by atomic mass is 16.2. The van der Waals surface area contributed by atoms with Gasteiger partial charge in [0.1, 0.15) is 11.3 Å². The van der Waals surface area contributed by atoms with Crippen molar-refractivity contribution in [2.45, 2.75) is 170 Å². The number of piperidine rings is 5. The molecule has 9 heterocycles. The molecule has 16 nitrogen and oxygen atoms in total. The van der Waals surface area contributed by atoms with Gasteiger partial charge in [0.25, 0.3) is 0 Å². The van der Waals surface area contributed by atoms with Crippen molar-refractivity contribution in [3.8, 4) is 11.3 Å². The van der Waals surface area contributed by atoms with Crippen molar-refractivity contribution in [3.63, 3.8) is 0 Å². The first-order valence-corrected chi connectivity index (χ1v) is 28.5. The number of pyridine rings is 2. The minimum absolute atomic E-state index is 0.110. The SMILES string of the molecule is CC(C)n1cnc2cc(-c3ccc4c(c3)N([C@H]3C[C@@H](N5CCCCC5)C3)C(=O)C43CCN(C(=O)C4CCC5(CCC5)N(C(=O)C5CCN(c6ccc(C7CCC(=O)NC7=O)cn6)CC5)C4)CC3)nc(NC3CC3)c21. The van der Waals surface area contributed by atoms with Gasteiger partial charge in [0.05, 0.1) is 34.8 Å². The van der Waals surface area contributed by atoms with E-state index in [9.17, 15) is 19.2 Å². The monoisotopic (exact) mass is 1000 g/mol. The number of imidazole rings is 1. The first-order chi connectivity index (χ1) is 35.9. The average molecular weight is 1000 g/mol. The van der Waals surface area contributed by atoms with E-state index >= 15 is 4.79 Å². The van der Waals surface area contributed by atoms with E-state index in [1.54, 1.807) is 6.20 Å². The third-order valence-corrected chi connectivity index (χ3v) is 19.4. The topological polar surface area (TPSA) is 169 Å². The fraction of sp³-hybridized carbons (Fsp3) is 0.621. The van der Waals surface area contributed by atoms with Gasteiger partial charge in [0.15, 0.2) is 5.82 Å². The van der Waals surface area contributed by atoms with Crippen LogP contribution in [0.25, 0.3) is 22.3 Å². The molecule has 2 spiro atoms. The maximum absolute atomic E-state index is 15.4. The molecule has 16 heteroatoms. The summed E-state index contributed by atoms with van der Waals surface area (Å²) in [4.78, 5) is 95.1. The Hall–Kier alpha value is -5.90. The summed E-state index contributed by atoms with van der Waals surface area (Å²) in [6.07, 6.45) is 19.9. The smallest absolute Gasteiger partial charge is 0.238 e. The zero-order valence-electron chi connectivity index (χ0n) is 43.4. The van der Waals surface area contributed by atoms with Gasteiger partial charge in [-0.25, -0.2) is 15.0 Å². The molecule has 3 saturated carbocycles. The molecule has 5 saturated heterocycles. The first kappa shape index (κ1) is 47.8. The van der Waals surface area contributed by atoms with Crippen LogP contribution in [0.15, 0.2) is 48.9 Å². The van der Waals surface area contributed by atoms with Crippen LogP contribution in [-0.4, -0.2) is 133 Å². The van der Waals surface area contributed by atoms with E-state index in [0.29, 0.717) is 70.5 Å². The number of carbonyl (C=O) groups excluding carboxylic acids is 5. The van der Waals surface area contributed by atoms with Crippen LogP contribution in [0.1, 0.15) is 153 Å². The molecule has 74 heavy (non-hydrogen) atoms. The Labute approximate surface area is 434 Å². The Morgan fingerprint density at radius 2 is 1.55 bits per heavy atom. The van der Waals surface area contributed by atoms with E-state index in [4.69, 9.17) is 15.0 Å². The van der Waals surface area contributed by atoms with Gasteiger partial charge in [0, 0.05) is 92.2 Å². The number of carbonyl (C=O) groups is 5. The Bertz CT molecular complexity index is 2860. The van der Waals surface area contributed by atoms with Crippen molar-refractivity contribution in [2.75, 3.05) is 60.9 Å². The standard InChI is InChI=1S/C58H73N11O5/c1-36(2)67-35-60-47-32-46(62-52(51(47)67)61-41-9-10-41)38-7-12-45-48(29-38)69(43-30-42(31-43)64-23-4-3-5-24-64)56(74)58(45)21-27-66(28-22-58)54(72)40-15-20-57(18-6-19-57)68(34-40)55(73)37-16-25-65(26-17-37)49-13-8-39(33-59-49)44-11-14-50(70)63-53(44)71/h7-8,12-13,29,32-33,35-37,40-44H,3-6,9-11,14-28,30-31,34H2,1-2H3,(H,61,62)(H,63,70,71)/t40?,42-,43+,44?. The number of aromatic nitrogens is 4. The van der Waals surface area contributed by atoms with Crippen LogP contribution >= 0.6 is 0 Å². The number of amides is 5. The molecular formula is C58H73N11O5. The molecule has 2 unspecified atom stereocenters. The summed E-state index contributed by atoms with van der Waals surface area (Å²) in [6.45, 7) is 9.56. The molecule has 9 aliphatic rings. The largest absolute Gasteiger partial charge is 0.366 e. The highest BCUT2D eigenvalue weighted by Gasteiger charge is 2.57. The van der Waals surface area contributed by atoms with E-state index in [1.165, 1.54) is 19.3 Å². The van der Waals surface area contributed by atoms with Crippen molar-refractivity contribution in [1.29, 1.82) is 0 Å².